The fraction of sp³-hybridized carbons (Fsp3) is 0.529. The van der Waals surface area contributed by atoms with Crippen molar-refractivity contribution in [3.05, 3.63) is 35.4 Å². The van der Waals surface area contributed by atoms with Crippen LogP contribution in [0, 0.1) is 0 Å². The van der Waals surface area contributed by atoms with E-state index in [1.807, 2.05) is 17.0 Å². The number of piperidine rings is 1. The molecule has 0 aliphatic carbocycles. The maximum absolute atomic E-state index is 12.3. The van der Waals surface area contributed by atoms with Crippen LogP contribution in [0.25, 0.3) is 0 Å². The number of nitrogens with zero attached hydrogens (tertiary/aromatic N) is 1. The molecule has 5 nitrogen and oxygen atoms in total. The average molecular weight is 303 g/mol. The summed E-state index contributed by atoms with van der Waals surface area (Å²) in [5.74, 6) is -0.426. The molecule has 0 saturated carbocycles. The Kier molecular flexibility index (Phi) is 5.81. The van der Waals surface area contributed by atoms with Crippen molar-refractivity contribution in [2.45, 2.75) is 45.1 Å². The van der Waals surface area contributed by atoms with Gasteiger partial charge in [0.25, 0.3) is 0 Å². The van der Waals surface area contributed by atoms with E-state index in [1.165, 1.54) is 6.42 Å². The lowest BCUT2D eigenvalue weighted by atomic mass is 10.0. The first-order valence-corrected chi connectivity index (χ1v) is 8.05. The summed E-state index contributed by atoms with van der Waals surface area (Å²) in [4.78, 5) is 25.4. The summed E-state index contributed by atoms with van der Waals surface area (Å²) in [5.41, 5.74) is 6.78. The Hall–Kier alpha value is -2.04. The van der Waals surface area contributed by atoms with Gasteiger partial charge in [-0.3, -0.25) is 4.79 Å². The first-order valence-electron chi connectivity index (χ1n) is 8.05. The molecule has 2 rings (SSSR count). The topological polar surface area (TPSA) is 75.4 Å². The van der Waals surface area contributed by atoms with E-state index in [9.17, 15) is 9.59 Å². The van der Waals surface area contributed by atoms with E-state index >= 15 is 0 Å². The lowest BCUT2D eigenvalue weighted by molar-refractivity contribution is 0.1000. The van der Waals surface area contributed by atoms with Gasteiger partial charge in [-0.2, -0.15) is 0 Å². The van der Waals surface area contributed by atoms with E-state index < -0.39 is 5.91 Å². The number of nitrogens with two attached hydrogens (primary N) is 1. The number of hydrogen-bond acceptors (Lipinski definition) is 2. The SMILES string of the molecule is CCC1CCCCN1C(=O)NCCc1cccc(C(N)=O)c1. The summed E-state index contributed by atoms with van der Waals surface area (Å²) in [6, 6.07) is 7.63. The highest BCUT2D eigenvalue weighted by Gasteiger charge is 2.24. The number of hydrogen-bond donors (Lipinski definition) is 2. The van der Waals surface area contributed by atoms with Crippen LogP contribution >= 0.6 is 0 Å². The minimum absolute atomic E-state index is 0.0256. The number of amides is 3. The van der Waals surface area contributed by atoms with Gasteiger partial charge in [0.15, 0.2) is 0 Å². The van der Waals surface area contributed by atoms with E-state index in [0.717, 1.165) is 31.4 Å². The second-order valence-electron chi connectivity index (χ2n) is 5.80. The molecule has 5 heteroatoms. The van der Waals surface area contributed by atoms with Crippen LogP contribution in [0.1, 0.15) is 48.5 Å². The van der Waals surface area contributed by atoms with Crippen molar-refractivity contribution < 1.29 is 9.59 Å². The van der Waals surface area contributed by atoms with Crippen molar-refractivity contribution in [3.8, 4) is 0 Å². The van der Waals surface area contributed by atoms with Gasteiger partial charge in [0.1, 0.15) is 0 Å². The van der Waals surface area contributed by atoms with Crippen LogP contribution in [-0.4, -0.2) is 36.0 Å². The molecule has 1 unspecified atom stereocenters. The number of primary amides is 1. The first kappa shape index (κ1) is 16.3. The van der Waals surface area contributed by atoms with Gasteiger partial charge in [0.2, 0.25) is 5.91 Å². The molecule has 1 heterocycles. The Morgan fingerprint density at radius 3 is 2.91 bits per heavy atom. The number of carbonyl (C=O) groups excluding carboxylic acids is 2. The van der Waals surface area contributed by atoms with Crippen molar-refractivity contribution in [1.29, 1.82) is 0 Å². The summed E-state index contributed by atoms with van der Waals surface area (Å²) in [5, 5.41) is 2.98. The van der Waals surface area contributed by atoms with Crippen molar-refractivity contribution in [1.82, 2.24) is 10.2 Å². The molecule has 1 saturated heterocycles. The molecule has 22 heavy (non-hydrogen) atoms. The number of benzene rings is 1. The third-order valence-electron chi connectivity index (χ3n) is 4.26. The first-order chi connectivity index (χ1) is 10.6. The zero-order valence-corrected chi connectivity index (χ0v) is 13.2. The molecule has 1 aliphatic rings. The normalized spacial score (nSPS) is 18.0. The molecule has 120 valence electrons. The van der Waals surface area contributed by atoms with Crippen LogP contribution in [0.5, 0.6) is 0 Å². The number of likely N-dealkylation sites (tertiary alicyclic amines) is 1. The highest BCUT2D eigenvalue weighted by atomic mass is 16.2. The number of urea groups is 1. The Morgan fingerprint density at radius 1 is 1.36 bits per heavy atom. The molecule has 1 aliphatic heterocycles. The van der Waals surface area contributed by atoms with Crippen LogP contribution in [0.4, 0.5) is 4.79 Å². The minimum atomic E-state index is -0.426. The van der Waals surface area contributed by atoms with Gasteiger partial charge in [-0.1, -0.05) is 19.1 Å². The molecule has 1 aromatic rings. The van der Waals surface area contributed by atoms with E-state index in [-0.39, 0.29) is 6.03 Å². The van der Waals surface area contributed by atoms with E-state index in [1.54, 1.807) is 12.1 Å². The van der Waals surface area contributed by atoms with E-state index in [2.05, 4.69) is 12.2 Å². The average Bonchev–Trinajstić information content (AvgIpc) is 2.55. The standard InChI is InChI=1S/C17H25N3O2/c1-2-15-8-3-4-11-20(15)17(22)19-10-9-13-6-5-7-14(12-13)16(18)21/h5-7,12,15H,2-4,8-11H2,1H3,(H2,18,21)(H,19,22). The molecular formula is C17H25N3O2. The fourth-order valence-corrected chi connectivity index (χ4v) is 2.99. The van der Waals surface area contributed by atoms with Gasteiger partial charge in [-0.15, -0.1) is 0 Å². The Labute approximate surface area is 131 Å². The lowest BCUT2D eigenvalue weighted by Gasteiger charge is -2.35. The highest BCUT2D eigenvalue weighted by molar-refractivity contribution is 5.92. The maximum atomic E-state index is 12.3. The monoisotopic (exact) mass is 303 g/mol. The molecule has 0 bridgehead atoms. The third kappa shape index (κ3) is 4.23. The molecule has 0 spiro atoms. The predicted molar refractivity (Wildman–Crippen MR) is 86.7 cm³/mol. The summed E-state index contributed by atoms with van der Waals surface area (Å²) in [6.45, 7) is 3.54. The van der Waals surface area contributed by atoms with Gasteiger partial charge in [-0.25, -0.2) is 4.79 Å². The van der Waals surface area contributed by atoms with Crippen LogP contribution in [-0.2, 0) is 6.42 Å². The molecular weight excluding hydrogens is 278 g/mol. The second kappa shape index (κ2) is 7.82. The van der Waals surface area contributed by atoms with Gasteiger partial charge in [0, 0.05) is 24.7 Å². The third-order valence-corrected chi connectivity index (χ3v) is 4.26. The van der Waals surface area contributed by atoms with Gasteiger partial charge in [0.05, 0.1) is 0 Å². The number of carbonyl (C=O) groups is 2. The lowest BCUT2D eigenvalue weighted by Crippen LogP contribution is -2.48. The molecule has 1 atom stereocenters. The van der Waals surface area contributed by atoms with Crippen molar-refractivity contribution in [3.63, 3.8) is 0 Å². The summed E-state index contributed by atoms with van der Waals surface area (Å²) in [6.07, 6.45) is 5.10. The Balaban J connectivity index is 1.84. The predicted octanol–water partition coefficient (Wildman–Crippen LogP) is 2.30. The van der Waals surface area contributed by atoms with Crippen LogP contribution in [0.3, 0.4) is 0 Å². The zero-order chi connectivity index (χ0) is 15.9. The minimum Gasteiger partial charge on any atom is -0.366 e. The largest absolute Gasteiger partial charge is 0.366 e. The molecule has 0 aromatic heterocycles. The summed E-state index contributed by atoms with van der Waals surface area (Å²) < 4.78 is 0. The zero-order valence-electron chi connectivity index (χ0n) is 13.2. The van der Waals surface area contributed by atoms with Crippen LogP contribution in [0.15, 0.2) is 24.3 Å². The van der Waals surface area contributed by atoms with Gasteiger partial charge < -0.3 is 16.0 Å². The van der Waals surface area contributed by atoms with Crippen molar-refractivity contribution in [2.24, 2.45) is 5.73 Å². The number of nitrogens with one attached hydrogen (secondary N) is 1. The Morgan fingerprint density at radius 2 is 2.18 bits per heavy atom. The Bertz CT molecular complexity index is 530. The molecule has 1 aromatic carbocycles. The molecule has 3 N–H and O–H groups in total. The fourth-order valence-electron chi connectivity index (χ4n) is 2.99. The number of rotatable bonds is 5. The molecule has 0 radical (unpaired) electrons. The second-order valence-corrected chi connectivity index (χ2v) is 5.80. The molecule has 1 fully saturated rings. The maximum Gasteiger partial charge on any atom is 0.317 e. The van der Waals surface area contributed by atoms with Crippen LogP contribution < -0.4 is 11.1 Å². The van der Waals surface area contributed by atoms with E-state index in [0.29, 0.717) is 24.6 Å². The summed E-state index contributed by atoms with van der Waals surface area (Å²) >= 11 is 0. The quantitative estimate of drug-likeness (QED) is 0.875. The van der Waals surface area contributed by atoms with Crippen molar-refractivity contribution in [2.75, 3.05) is 13.1 Å². The molecule has 3 amide bonds. The smallest absolute Gasteiger partial charge is 0.317 e. The van der Waals surface area contributed by atoms with E-state index in [4.69, 9.17) is 5.73 Å². The van der Waals surface area contributed by atoms with Gasteiger partial charge >= 0.3 is 6.03 Å². The van der Waals surface area contributed by atoms with Gasteiger partial charge in [-0.05, 0) is 49.8 Å². The van der Waals surface area contributed by atoms with Crippen molar-refractivity contribution >= 4 is 11.9 Å². The summed E-state index contributed by atoms with van der Waals surface area (Å²) in [7, 11) is 0. The van der Waals surface area contributed by atoms with Crippen LogP contribution in [0.2, 0.25) is 0 Å². The highest BCUT2D eigenvalue weighted by Crippen LogP contribution is 2.19.